The minimum Gasteiger partial charge on any atom is -0.480 e. The maximum absolute atomic E-state index is 10.8. The van der Waals surface area contributed by atoms with E-state index in [0.717, 1.165) is 25.9 Å². The maximum atomic E-state index is 10.8. The minimum atomic E-state index is -0.841. The average Bonchev–Trinajstić information content (AvgIpc) is 2.61. The van der Waals surface area contributed by atoms with Gasteiger partial charge in [-0.25, -0.2) is 0 Å². The first-order valence-electron chi connectivity index (χ1n) is 8.43. The second kappa shape index (κ2) is 16.4. The summed E-state index contributed by atoms with van der Waals surface area (Å²) >= 11 is 0. The van der Waals surface area contributed by atoms with Gasteiger partial charge in [-0.05, 0) is 13.5 Å². The summed E-state index contributed by atoms with van der Waals surface area (Å²) in [6, 6.07) is 0. The molecule has 2 N–H and O–H groups in total. The molecule has 0 aliphatic carbocycles. The highest BCUT2D eigenvalue weighted by molar-refractivity contribution is 5.69. The number of nitrogens with zero attached hydrogens (tertiary/aromatic N) is 3. The van der Waals surface area contributed by atoms with Crippen LogP contribution in [0.4, 0.5) is 0 Å². The number of carboxylic acids is 2. The molecular formula is C16H33N3O5. The standard InChI is InChI=1S/C12H23N3O4.C2H4O.C2H6/c1-2-13-3-5-14(9-11(16)17)7-8-15(6-4-13)10-12(18)19;1-2-3;1-2/h2-10H2,1H3,(H,16,17)(H,18,19);2H,1H3;1-2H3. The first-order chi connectivity index (χ1) is 11.4. The second-order valence-electron chi connectivity index (χ2n) is 5.01. The van der Waals surface area contributed by atoms with E-state index in [1.165, 1.54) is 6.92 Å². The van der Waals surface area contributed by atoms with Gasteiger partial charge in [0.25, 0.3) is 0 Å². The zero-order chi connectivity index (χ0) is 19.0. The SMILES string of the molecule is CC.CC=O.CCN1CCN(CC(=O)O)CCN(CC(=O)O)CC1. The summed E-state index contributed by atoms with van der Waals surface area (Å²) in [7, 11) is 0. The topological polar surface area (TPSA) is 101 Å². The molecule has 142 valence electrons. The fourth-order valence-corrected chi connectivity index (χ4v) is 2.20. The third-order valence-corrected chi connectivity index (χ3v) is 3.36. The molecule has 1 heterocycles. The number of likely N-dealkylation sites (N-methyl/N-ethyl adjacent to an activating group) is 1. The van der Waals surface area contributed by atoms with Crippen molar-refractivity contribution in [2.75, 3.05) is 58.9 Å². The van der Waals surface area contributed by atoms with Crippen LogP contribution in [0.2, 0.25) is 0 Å². The lowest BCUT2D eigenvalue weighted by Gasteiger charge is -2.23. The van der Waals surface area contributed by atoms with Crippen LogP contribution in [-0.2, 0) is 14.4 Å². The van der Waals surface area contributed by atoms with Crippen molar-refractivity contribution in [1.82, 2.24) is 14.7 Å². The number of carboxylic acid groups (broad SMARTS) is 2. The number of aldehydes is 1. The Morgan fingerprint density at radius 3 is 1.29 bits per heavy atom. The molecule has 0 atom stereocenters. The van der Waals surface area contributed by atoms with Crippen molar-refractivity contribution >= 4 is 18.2 Å². The monoisotopic (exact) mass is 347 g/mol. The fraction of sp³-hybridized carbons (Fsp3) is 0.812. The number of carbonyl (C=O) groups excluding carboxylic acids is 1. The van der Waals surface area contributed by atoms with E-state index in [1.807, 2.05) is 23.6 Å². The third kappa shape index (κ3) is 14.1. The smallest absolute Gasteiger partial charge is 0.317 e. The molecule has 8 nitrogen and oxygen atoms in total. The van der Waals surface area contributed by atoms with Gasteiger partial charge >= 0.3 is 11.9 Å². The van der Waals surface area contributed by atoms with Gasteiger partial charge in [-0.1, -0.05) is 20.8 Å². The summed E-state index contributed by atoms with van der Waals surface area (Å²) in [4.78, 5) is 36.4. The van der Waals surface area contributed by atoms with Crippen molar-refractivity contribution in [2.45, 2.75) is 27.7 Å². The van der Waals surface area contributed by atoms with Crippen LogP contribution in [0.5, 0.6) is 0 Å². The van der Waals surface area contributed by atoms with E-state index in [4.69, 9.17) is 15.0 Å². The van der Waals surface area contributed by atoms with Crippen LogP contribution >= 0.6 is 0 Å². The van der Waals surface area contributed by atoms with Crippen molar-refractivity contribution in [3.8, 4) is 0 Å². The predicted molar refractivity (Wildman–Crippen MR) is 93.4 cm³/mol. The van der Waals surface area contributed by atoms with Crippen molar-refractivity contribution in [3.63, 3.8) is 0 Å². The third-order valence-electron chi connectivity index (χ3n) is 3.36. The lowest BCUT2D eigenvalue weighted by Crippen LogP contribution is -2.40. The largest absolute Gasteiger partial charge is 0.480 e. The average molecular weight is 347 g/mol. The van der Waals surface area contributed by atoms with Gasteiger partial charge in [0, 0.05) is 39.3 Å². The Morgan fingerprint density at radius 2 is 1.08 bits per heavy atom. The highest BCUT2D eigenvalue weighted by atomic mass is 16.4. The Balaban J connectivity index is 0. The molecule has 0 unspecified atom stereocenters. The number of hydrogen-bond donors (Lipinski definition) is 2. The summed E-state index contributed by atoms with van der Waals surface area (Å²) in [5.74, 6) is -1.68. The molecule has 0 spiro atoms. The predicted octanol–water partition coefficient (Wildman–Crippen LogP) is 0.327. The van der Waals surface area contributed by atoms with E-state index in [0.29, 0.717) is 26.2 Å². The van der Waals surface area contributed by atoms with E-state index in [1.54, 1.807) is 0 Å². The Labute approximate surface area is 145 Å². The fourth-order valence-electron chi connectivity index (χ4n) is 2.20. The van der Waals surface area contributed by atoms with Crippen LogP contribution < -0.4 is 0 Å². The normalized spacial score (nSPS) is 17.0. The van der Waals surface area contributed by atoms with Crippen LogP contribution in [0.1, 0.15) is 27.7 Å². The molecule has 0 bridgehead atoms. The minimum absolute atomic E-state index is 0.0124. The molecule has 1 fully saturated rings. The van der Waals surface area contributed by atoms with Crippen LogP contribution in [0, 0.1) is 0 Å². The Hall–Kier alpha value is -1.51. The van der Waals surface area contributed by atoms with E-state index in [9.17, 15) is 9.59 Å². The molecule has 24 heavy (non-hydrogen) atoms. The van der Waals surface area contributed by atoms with Gasteiger partial charge in [0.2, 0.25) is 0 Å². The molecule has 0 aromatic rings. The van der Waals surface area contributed by atoms with Crippen LogP contribution in [0.15, 0.2) is 0 Å². The quantitative estimate of drug-likeness (QED) is 0.686. The summed E-state index contributed by atoms with van der Waals surface area (Å²) in [5.41, 5.74) is 0. The molecule has 8 heteroatoms. The number of aliphatic carboxylic acids is 2. The molecule has 0 aromatic carbocycles. The van der Waals surface area contributed by atoms with E-state index < -0.39 is 11.9 Å². The molecular weight excluding hydrogens is 314 g/mol. The summed E-state index contributed by atoms with van der Waals surface area (Å²) < 4.78 is 0. The first kappa shape index (κ1) is 24.7. The zero-order valence-electron chi connectivity index (χ0n) is 15.4. The van der Waals surface area contributed by atoms with Gasteiger partial charge < -0.3 is 19.9 Å². The van der Waals surface area contributed by atoms with Gasteiger partial charge in [0.05, 0.1) is 13.1 Å². The van der Waals surface area contributed by atoms with E-state index in [-0.39, 0.29) is 13.1 Å². The maximum Gasteiger partial charge on any atom is 0.317 e. The Kier molecular flexibility index (Phi) is 16.9. The summed E-state index contributed by atoms with van der Waals surface area (Å²) in [6.07, 6.45) is 0.750. The Bertz CT molecular complexity index is 325. The van der Waals surface area contributed by atoms with Gasteiger partial charge in [-0.3, -0.25) is 19.4 Å². The molecule has 1 aliphatic heterocycles. The first-order valence-corrected chi connectivity index (χ1v) is 8.43. The molecule has 0 aromatic heterocycles. The molecule has 0 saturated carbocycles. The van der Waals surface area contributed by atoms with Crippen LogP contribution in [0.25, 0.3) is 0 Å². The lowest BCUT2D eigenvalue weighted by molar-refractivity contribution is -0.140. The molecule has 1 saturated heterocycles. The molecule has 0 amide bonds. The van der Waals surface area contributed by atoms with Gasteiger partial charge in [-0.15, -0.1) is 0 Å². The van der Waals surface area contributed by atoms with E-state index in [2.05, 4.69) is 11.8 Å². The van der Waals surface area contributed by atoms with Crippen LogP contribution in [-0.4, -0.2) is 102 Å². The number of rotatable bonds is 5. The van der Waals surface area contributed by atoms with Gasteiger partial charge in [0.1, 0.15) is 6.29 Å². The van der Waals surface area contributed by atoms with Gasteiger partial charge in [0.15, 0.2) is 0 Å². The van der Waals surface area contributed by atoms with E-state index >= 15 is 0 Å². The summed E-state index contributed by atoms with van der Waals surface area (Å²) in [6.45, 7) is 12.7. The van der Waals surface area contributed by atoms with Gasteiger partial charge in [-0.2, -0.15) is 0 Å². The molecule has 0 radical (unpaired) electrons. The number of carbonyl (C=O) groups is 3. The van der Waals surface area contributed by atoms with Crippen molar-refractivity contribution in [1.29, 1.82) is 0 Å². The molecule has 1 rings (SSSR count). The van der Waals surface area contributed by atoms with Crippen molar-refractivity contribution < 1.29 is 24.6 Å². The second-order valence-corrected chi connectivity index (χ2v) is 5.01. The van der Waals surface area contributed by atoms with Crippen molar-refractivity contribution in [2.24, 2.45) is 0 Å². The van der Waals surface area contributed by atoms with Crippen LogP contribution in [0.3, 0.4) is 0 Å². The lowest BCUT2D eigenvalue weighted by atomic mass is 10.4. The number of hydrogen-bond acceptors (Lipinski definition) is 6. The highest BCUT2D eigenvalue weighted by Gasteiger charge is 2.18. The molecule has 1 aliphatic rings. The Morgan fingerprint density at radius 1 is 0.833 bits per heavy atom. The summed E-state index contributed by atoms with van der Waals surface area (Å²) in [5, 5.41) is 17.7. The highest BCUT2D eigenvalue weighted by Crippen LogP contribution is 2.00. The van der Waals surface area contributed by atoms with Crippen molar-refractivity contribution in [3.05, 3.63) is 0 Å². The zero-order valence-corrected chi connectivity index (χ0v) is 15.4.